The van der Waals surface area contributed by atoms with E-state index in [-0.39, 0.29) is 23.9 Å². The number of nitrogens with zero attached hydrogens (tertiary/aromatic N) is 1. The summed E-state index contributed by atoms with van der Waals surface area (Å²) < 4.78 is 23.9. The number of likely N-dealkylation sites (tertiary alicyclic amines) is 1. The average Bonchev–Trinajstić information content (AvgIpc) is 2.73. The minimum absolute atomic E-state index is 0.196. The molecule has 0 unspecified atom stereocenters. The summed E-state index contributed by atoms with van der Waals surface area (Å²) in [5, 5.41) is 3.17. The monoisotopic (exact) mass is 420 g/mol. The number of Topliss-reactive ketones (excluding diaryl/α,β-unsaturated/α-hetero) is 1. The van der Waals surface area contributed by atoms with Gasteiger partial charge in [0.2, 0.25) is 0 Å². The number of hydrogen-bond acceptors (Lipinski definition) is 4. The summed E-state index contributed by atoms with van der Waals surface area (Å²) in [6, 6.07) is 8.49. The first kappa shape index (κ1) is 20.9. The Morgan fingerprint density at radius 2 is 1.86 bits per heavy atom. The van der Waals surface area contributed by atoms with Crippen LogP contribution in [0, 0.1) is 11.7 Å². The first-order chi connectivity index (χ1) is 13.9. The maximum Gasteiger partial charge on any atom is 0.321 e. The van der Waals surface area contributed by atoms with E-state index in [2.05, 4.69) is 5.32 Å². The number of carbonyl (C=O) groups is 2. The maximum absolute atomic E-state index is 13.6. The molecule has 0 spiro atoms. The smallest absolute Gasteiger partial charge is 0.321 e. The van der Waals surface area contributed by atoms with Crippen LogP contribution in [-0.2, 0) is 0 Å². The summed E-state index contributed by atoms with van der Waals surface area (Å²) in [6.07, 6.45) is 1.29. The van der Waals surface area contributed by atoms with Gasteiger partial charge in [0.25, 0.3) is 0 Å². The van der Waals surface area contributed by atoms with Gasteiger partial charge in [0.05, 0.1) is 24.8 Å². The average molecular weight is 421 g/mol. The fourth-order valence-corrected chi connectivity index (χ4v) is 3.67. The lowest BCUT2D eigenvalue weighted by atomic mass is 9.89. The lowest BCUT2D eigenvalue weighted by Crippen LogP contribution is -2.44. The molecule has 2 aromatic carbocycles. The van der Waals surface area contributed by atoms with Crippen molar-refractivity contribution in [2.24, 2.45) is 5.92 Å². The van der Waals surface area contributed by atoms with E-state index in [1.165, 1.54) is 32.4 Å². The van der Waals surface area contributed by atoms with Gasteiger partial charge in [0.15, 0.2) is 5.78 Å². The first-order valence-electron chi connectivity index (χ1n) is 9.20. The molecular formula is C21H22ClFN2O4. The first-order valence-corrected chi connectivity index (χ1v) is 9.58. The lowest BCUT2D eigenvalue weighted by Gasteiger charge is -2.32. The molecule has 1 fully saturated rings. The van der Waals surface area contributed by atoms with Gasteiger partial charge in [-0.3, -0.25) is 4.79 Å². The Labute approximate surface area is 173 Å². The summed E-state index contributed by atoms with van der Waals surface area (Å²) in [5.74, 6) is -0.324. The van der Waals surface area contributed by atoms with Crippen molar-refractivity contribution >= 4 is 29.1 Å². The maximum atomic E-state index is 13.6. The van der Waals surface area contributed by atoms with Crippen LogP contribution in [0.15, 0.2) is 36.4 Å². The molecular weight excluding hydrogens is 399 g/mol. The Bertz CT molecular complexity index is 922. The zero-order valence-electron chi connectivity index (χ0n) is 16.2. The second-order valence-corrected chi connectivity index (χ2v) is 7.18. The van der Waals surface area contributed by atoms with E-state index < -0.39 is 11.7 Å². The summed E-state index contributed by atoms with van der Waals surface area (Å²) in [5.41, 5.74) is 0.725. The molecule has 1 N–H and O–H groups in total. The standard InChI is InChI=1S/C21H22ClFN2O4/c1-28-18-7-5-14(23)10-16(18)20(26)13-4-3-9-25(12-13)21(27)24-15-6-8-19(29-2)17(22)11-15/h5-8,10-11,13H,3-4,9,12H2,1-2H3,(H,24,27)/t13-/m1/s1. The highest BCUT2D eigenvalue weighted by molar-refractivity contribution is 6.32. The summed E-state index contributed by atoms with van der Waals surface area (Å²) in [6.45, 7) is 0.772. The summed E-state index contributed by atoms with van der Waals surface area (Å²) in [7, 11) is 2.95. The highest BCUT2D eigenvalue weighted by Crippen LogP contribution is 2.29. The molecule has 2 aromatic rings. The summed E-state index contributed by atoms with van der Waals surface area (Å²) in [4.78, 5) is 27.2. The number of ketones is 1. The lowest BCUT2D eigenvalue weighted by molar-refractivity contribution is 0.0848. The molecule has 1 aliphatic rings. The van der Waals surface area contributed by atoms with Crippen LogP contribution in [0.3, 0.4) is 0 Å². The van der Waals surface area contributed by atoms with Crippen molar-refractivity contribution in [3.63, 3.8) is 0 Å². The molecule has 0 radical (unpaired) electrons. The SMILES string of the molecule is COc1ccc(NC(=O)N2CCC[C@@H](C(=O)c3cc(F)ccc3OC)C2)cc1Cl. The number of benzene rings is 2. The van der Waals surface area contributed by atoms with E-state index in [1.807, 2.05) is 0 Å². The molecule has 1 atom stereocenters. The van der Waals surface area contributed by atoms with Crippen molar-refractivity contribution in [2.75, 3.05) is 32.6 Å². The summed E-state index contributed by atoms with van der Waals surface area (Å²) >= 11 is 6.10. The topological polar surface area (TPSA) is 67.9 Å². The van der Waals surface area contributed by atoms with E-state index in [4.69, 9.17) is 21.1 Å². The van der Waals surface area contributed by atoms with Crippen LogP contribution in [0.2, 0.25) is 5.02 Å². The number of rotatable bonds is 5. The molecule has 2 amide bonds. The number of ether oxygens (including phenoxy) is 2. The molecule has 0 aromatic heterocycles. The molecule has 0 aliphatic carbocycles. The molecule has 0 bridgehead atoms. The van der Waals surface area contributed by atoms with Crippen molar-refractivity contribution < 1.29 is 23.5 Å². The number of methoxy groups -OCH3 is 2. The molecule has 1 saturated heterocycles. The normalized spacial score (nSPS) is 16.3. The fourth-order valence-electron chi connectivity index (χ4n) is 3.41. The zero-order chi connectivity index (χ0) is 21.0. The van der Waals surface area contributed by atoms with Crippen LogP contribution in [0.4, 0.5) is 14.9 Å². The van der Waals surface area contributed by atoms with Gasteiger partial charge in [-0.1, -0.05) is 11.6 Å². The van der Waals surface area contributed by atoms with E-state index in [0.29, 0.717) is 41.6 Å². The molecule has 1 heterocycles. The second kappa shape index (κ2) is 9.13. The minimum atomic E-state index is -0.504. The molecule has 3 rings (SSSR count). The van der Waals surface area contributed by atoms with Gasteiger partial charge in [-0.2, -0.15) is 0 Å². The predicted molar refractivity (Wildman–Crippen MR) is 109 cm³/mol. The number of anilines is 1. The highest BCUT2D eigenvalue weighted by Gasteiger charge is 2.30. The Hall–Kier alpha value is -2.80. The van der Waals surface area contributed by atoms with Crippen LogP contribution in [0.25, 0.3) is 0 Å². The minimum Gasteiger partial charge on any atom is -0.496 e. The molecule has 8 heteroatoms. The molecule has 1 aliphatic heterocycles. The van der Waals surface area contributed by atoms with Gasteiger partial charge in [-0.15, -0.1) is 0 Å². The van der Waals surface area contributed by atoms with Crippen LogP contribution in [0.5, 0.6) is 11.5 Å². The van der Waals surface area contributed by atoms with Gasteiger partial charge >= 0.3 is 6.03 Å². The van der Waals surface area contributed by atoms with Crippen LogP contribution in [-0.4, -0.2) is 44.0 Å². The highest BCUT2D eigenvalue weighted by atomic mass is 35.5. The van der Waals surface area contributed by atoms with Crippen molar-refractivity contribution in [1.82, 2.24) is 4.90 Å². The molecule has 29 heavy (non-hydrogen) atoms. The van der Waals surface area contributed by atoms with Crippen molar-refractivity contribution in [1.29, 1.82) is 0 Å². The number of piperidine rings is 1. The number of carbonyl (C=O) groups excluding carboxylic acids is 2. The van der Waals surface area contributed by atoms with Gasteiger partial charge in [-0.05, 0) is 49.2 Å². The van der Waals surface area contributed by atoms with Crippen molar-refractivity contribution in [3.8, 4) is 11.5 Å². The fraction of sp³-hybridized carbons (Fsp3) is 0.333. The van der Waals surface area contributed by atoms with E-state index in [9.17, 15) is 14.0 Å². The third kappa shape index (κ3) is 4.79. The van der Waals surface area contributed by atoms with Crippen LogP contribution < -0.4 is 14.8 Å². The van der Waals surface area contributed by atoms with E-state index in [0.717, 1.165) is 0 Å². The number of urea groups is 1. The Morgan fingerprint density at radius 3 is 2.55 bits per heavy atom. The van der Waals surface area contributed by atoms with Gasteiger partial charge in [0, 0.05) is 24.7 Å². The van der Waals surface area contributed by atoms with Crippen LogP contribution in [0.1, 0.15) is 23.2 Å². The number of halogens is 2. The quantitative estimate of drug-likeness (QED) is 0.716. The third-order valence-electron chi connectivity index (χ3n) is 4.91. The predicted octanol–water partition coefficient (Wildman–Crippen LogP) is 4.62. The number of nitrogens with one attached hydrogen (secondary N) is 1. The molecule has 6 nitrogen and oxygen atoms in total. The Balaban J connectivity index is 1.70. The van der Waals surface area contributed by atoms with Gasteiger partial charge < -0.3 is 19.7 Å². The Kier molecular flexibility index (Phi) is 6.59. The van der Waals surface area contributed by atoms with E-state index >= 15 is 0 Å². The van der Waals surface area contributed by atoms with Crippen LogP contribution >= 0.6 is 11.6 Å². The Morgan fingerprint density at radius 1 is 1.14 bits per heavy atom. The molecule has 154 valence electrons. The third-order valence-corrected chi connectivity index (χ3v) is 5.20. The van der Waals surface area contributed by atoms with E-state index in [1.54, 1.807) is 23.1 Å². The van der Waals surface area contributed by atoms with Gasteiger partial charge in [-0.25, -0.2) is 9.18 Å². The van der Waals surface area contributed by atoms with Crippen molar-refractivity contribution in [3.05, 3.63) is 52.8 Å². The number of amides is 2. The second-order valence-electron chi connectivity index (χ2n) is 6.77. The molecule has 0 saturated carbocycles. The largest absolute Gasteiger partial charge is 0.496 e. The zero-order valence-corrected chi connectivity index (χ0v) is 17.0. The van der Waals surface area contributed by atoms with Gasteiger partial charge in [0.1, 0.15) is 17.3 Å². The van der Waals surface area contributed by atoms with Crippen molar-refractivity contribution in [2.45, 2.75) is 12.8 Å². The number of hydrogen-bond donors (Lipinski definition) is 1.